The molecule has 0 bridgehead atoms. The standard InChI is InChI=1S/C20H19FN4O2/c1-13(2)27-18-9-4-3-8-16(18)23-19-11-10-17(24-25-19)20(26)22-15-7-5-6-14(21)12-15/h3-13H,1-2H3,(H,22,26)(H,23,25). The number of para-hydroxylation sites is 2. The van der Waals surface area contributed by atoms with E-state index in [0.29, 0.717) is 17.3 Å². The van der Waals surface area contributed by atoms with E-state index in [1.54, 1.807) is 12.1 Å². The number of aromatic nitrogens is 2. The highest BCUT2D eigenvalue weighted by Crippen LogP contribution is 2.27. The molecular weight excluding hydrogens is 347 g/mol. The molecule has 1 amide bonds. The van der Waals surface area contributed by atoms with E-state index >= 15 is 0 Å². The Hall–Kier alpha value is -3.48. The molecule has 0 saturated carbocycles. The Morgan fingerprint density at radius 3 is 2.56 bits per heavy atom. The third kappa shape index (κ3) is 5.01. The average Bonchev–Trinajstić information content (AvgIpc) is 2.63. The van der Waals surface area contributed by atoms with Crippen molar-refractivity contribution in [2.75, 3.05) is 10.6 Å². The van der Waals surface area contributed by atoms with Crippen LogP contribution in [0.4, 0.5) is 21.6 Å². The molecule has 0 spiro atoms. The van der Waals surface area contributed by atoms with E-state index in [2.05, 4.69) is 20.8 Å². The first-order valence-electron chi connectivity index (χ1n) is 8.44. The Labute approximate surface area is 156 Å². The Morgan fingerprint density at radius 1 is 1.04 bits per heavy atom. The zero-order chi connectivity index (χ0) is 19.2. The van der Waals surface area contributed by atoms with Gasteiger partial charge in [-0.25, -0.2) is 4.39 Å². The molecule has 0 saturated heterocycles. The zero-order valence-electron chi connectivity index (χ0n) is 14.9. The summed E-state index contributed by atoms with van der Waals surface area (Å²) in [5, 5.41) is 13.6. The second kappa shape index (κ2) is 8.27. The van der Waals surface area contributed by atoms with Gasteiger partial charge in [-0.05, 0) is 56.3 Å². The monoisotopic (exact) mass is 366 g/mol. The van der Waals surface area contributed by atoms with Crippen LogP contribution in [-0.4, -0.2) is 22.2 Å². The normalized spacial score (nSPS) is 10.5. The highest BCUT2D eigenvalue weighted by molar-refractivity contribution is 6.02. The number of carbonyl (C=O) groups is 1. The van der Waals surface area contributed by atoms with Crippen molar-refractivity contribution >= 4 is 23.1 Å². The number of nitrogens with one attached hydrogen (secondary N) is 2. The Balaban J connectivity index is 1.70. The number of halogens is 1. The van der Waals surface area contributed by atoms with Crippen LogP contribution in [0.1, 0.15) is 24.3 Å². The van der Waals surface area contributed by atoms with Crippen molar-refractivity contribution in [1.82, 2.24) is 10.2 Å². The minimum atomic E-state index is -0.469. The summed E-state index contributed by atoms with van der Waals surface area (Å²) in [4.78, 5) is 12.2. The molecule has 2 N–H and O–H groups in total. The van der Waals surface area contributed by atoms with E-state index in [4.69, 9.17) is 4.74 Å². The van der Waals surface area contributed by atoms with Crippen LogP contribution in [0.3, 0.4) is 0 Å². The Bertz CT molecular complexity index is 929. The molecule has 138 valence electrons. The lowest BCUT2D eigenvalue weighted by molar-refractivity contribution is 0.102. The number of ether oxygens (including phenoxy) is 1. The molecule has 0 radical (unpaired) electrons. The number of rotatable bonds is 6. The van der Waals surface area contributed by atoms with Gasteiger partial charge in [0.2, 0.25) is 0 Å². The zero-order valence-corrected chi connectivity index (χ0v) is 14.9. The molecule has 1 heterocycles. The molecule has 0 aliphatic rings. The summed E-state index contributed by atoms with van der Waals surface area (Å²) in [5.41, 5.74) is 1.22. The lowest BCUT2D eigenvalue weighted by Gasteiger charge is -2.14. The molecule has 3 aromatic rings. The van der Waals surface area contributed by atoms with Gasteiger partial charge in [0.1, 0.15) is 11.6 Å². The first-order chi connectivity index (χ1) is 13.0. The fourth-order valence-corrected chi connectivity index (χ4v) is 2.35. The predicted molar refractivity (Wildman–Crippen MR) is 102 cm³/mol. The lowest BCUT2D eigenvalue weighted by Crippen LogP contribution is -2.14. The molecule has 27 heavy (non-hydrogen) atoms. The number of anilines is 3. The summed E-state index contributed by atoms with van der Waals surface area (Å²) in [6, 6.07) is 16.3. The minimum absolute atomic E-state index is 0.0351. The van der Waals surface area contributed by atoms with Crippen LogP contribution < -0.4 is 15.4 Å². The maximum Gasteiger partial charge on any atom is 0.276 e. The van der Waals surface area contributed by atoms with Crippen molar-refractivity contribution in [2.24, 2.45) is 0 Å². The Kier molecular flexibility index (Phi) is 5.61. The van der Waals surface area contributed by atoms with Gasteiger partial charge in [0.15, 0.2) is 11.5 Å². The van der Waals surface area contributed by atoms with Gasteiger partial charge in [-0.1, -0.05) is 18.2 Å². The molecule has 3 rings (SSSR count). The predicted octanol–water partition coefficient (Wildman–Crippen LogP) is 4.40. The molecule has 2 aromatic carbocycles. The number of benzene rings is 2. The molecule has 1 aromatic heterocycles. The molecule has 0 atom stereocenters. The summed E-state index contributed by atoms with van der Waals surface area (Å²) >= 11 is 0. The summed E-state index contributed by atoms with van der Waals surface area (Å²) in [6.07, 6.45) is 0.0351. The second-order valence-electron chi connectivity index (χ2n) is 6.06. The van der Waals surface area contributed by atoms with Gasteiger partial charge in [0.25, 0.3) is 5.91 Å². The van der Waals surface area contributed by atoms with E-state index in [1.165, 1.54) is 24.3 Å². The van der Waals surface area contributed by atoms with Crippen molar-refractivity contribution < 1.29 is 13.9 Å². The largest absolute Gasteiger partial charge is 0.489 e. The van der Waals surface area contributed by atoms with Crippen LogP contribution in [0.15, 0.2) is 60.7 Å². The number of amides is 1. The van der Waals surface area contributed by atoms with Crippen LogP contribution in [0.2, 0.25) is 0 Å². The molecule has 0 unspecified atom stereocenters. The average molecular weight is 366 g/mol. The van der Waals surface area contributed by atoms with E-state index < -0.39 is 11.7 Å². The van der Waals surface area contributed by atoms with Crippen LogP contribution in [0, 0.1) is 5.82 Å². The van der Waals surface area contributed by atoms with Crippen molar-refractivity contribution in [1.29, 1.82) is 0 Å². The van der Waals surface area contributed by atoms with Gasteiger partial charge in [-0.3, -0.25) is 4.79 Å². The molecule has 0 aliphatic heterocycles. The Morgan fingerprint density at radius 2 is 1.85 bits per heavy atom. The highest BCUT2D eigenvalue weighted by atomic mass is 19.1. The first kappa shape index (κ1) is 18.3. The smallest absolute Gasteiger partial charge is 0.276 e. The second-order valence-corrected chi connectivity index (χ2v) is 6.06. The molecule has 6 nitrogen and oxygen atoms in total. The lowest BCUT2D eigenvalue weighted by atomic mass is 10.2. The van der Waals surface area contributed by atoms with Crippen molar-refractivity contribution in [3.8, 4) is 5.75 Å². The van der Waals surface area contributed by atoms with Gasteiger partial charge in [0, 0.05) is 5.69 Å². The van der Waals surface area contributed by atoms with E-state index in [9.17, 15) is 9.18 Å². The van der Waals surface area contributed by atoms with Gasteiger partial charge >= 0.3 is 0 Å². The van der Waals surface area contributed by atoms with Gasteiger partial charge < -0.3 is 15.4 Å². The summed E-state index contributed by atoms with van der Waals surface area (Å²) in [7, 11) is 0. The number of hydrogen-bond acceptors (Lipinski definition) is 5. The number of hydrogen-bond donors (Lipinski definition) is 2. The van der Waals surface area contributed by atoms with Crippen molar-refractivity contribution in [3.05, 3.63) is 72.2 Å². The quantitative estimate of drug-likeness (QED) is 0.676. The molecule has 0 fully saturated rings. The SMILES string of the molecule is CC(C)Oc1ccccc1Nc1ccc(C(=O)Nc2cccc(F)c2)nn1. The van der Waals surface area contributed by atoms with Gasteiger partial charge in [0.05, 0.1) is 11.8 Å². The summed E-state index contributed by atoms with van der Waals surface area (Å²) in [6.45, 7) is 3.89. The number of nitrogens with zero attached hydrogens (tertiary/aromatic N) is 2. The maximum atomic E-state index is 13.2. The first-order valence-corrected chi connectivity index (χ1v) is 8.44. The van der Waals surface area contributed by atoms with Crippen LogP contribution in [-0.2, 0) is 0 Å². The van der Waals surface area contributed by atoms with Crippen LogP contribution in [0.25, 0.3) is 0 Å². The topological polar surface area (TPSA) is 76.1 Å². The van der Waals surface area contributed by atoms with Gasteiger partial charge in [-0.2, -0.15) is 0 Å². The third-order valence-electron chi connectivity index (χ3n) is 3.49. The van der Waals surface area contributed by atoms with Gasteiger partial charge in [-0.15, -0.1) is 10.2 Å². The summed E-state index contributed by atoms with van der Waals surface area (Å²) < 4.78 is 18.9. The highest BCUT2D eigenvalue weighted by Gasteiger charge is 2.10. The van der Waals surface area contributed by atoms with Crippen molar-refractivity contribution in [3.63, 3.8) is 0 Å². The molecule has 7 heteroatoms. The fraction of sp³-hybridized carbons (Fsp3) is 0.150. The molecular formula is C20H19FN4O2. The van der Waals surface area contributed by atoms with E-state index in [1.807, 2.05) is 38.1 Å². The molecule has 0 aliphatic carbocycles. The third-order valence-corrected chi connectivity index (χ3v) is 3.49. The minimum Gasteiger partial charge on any atom is -0.489 e. The summed E-state index contributed by atoms with van der Waals surface area (Å²) in [5.74, 6) is 0.267. The van der Waals surface area contributed by atoms with Crippen molar-refractivity contribution in [2.45, 2.75) is 20.0 Å². The fourth-order valence-electron chi connectivity index (χ4n) is 2.35. The van der Waals surface area contributed by atoms with Crippen LogP contribution in [0.5, 0.6) is 5.75 Å². The van der Waals surface area contributed by atoms with E-state index in [-0.39, 0.29) is 11.8 Å². The van der Waals surface area contributed by atoms with Crippen LogP contribution >= 0.6 is 0 Å². The maximum absolute atomic E-state index is 13.2. The number of carbonyl (C=O) groups excluding carboxylic acids is 1. The van der Waals surface area contributed by atoms with E-state index in [0.717, 1.165) is 5.69 Å².